The Kier molecular flexibility index (Phi) is 3.53. The maximum Gasteiger partial charge on any atom is 0.272 e. The van der Waals surface area contributed by atoms with Crippen molar-refractivity contribution in [2.24, 2.45) is 0 Å². The van der Waals surface area contributed by atoms with Crippen LogP contribution < -0.4 is 0 Å². The lowest BCUT2D eigenvalue weighted by atomic mass is 10.2. The third-order valence-electron chi connectivity index (χ3n) is 3.08. The molecule has 0 saturated heterocycles. The van der Waals surface area contributed by atoms with Gasteiger partial charge in [-0.1, -0.05) is 29.8 Å². The van der Waals surface area contributed by atoms with E-state index in [4.69, 9.17) is 11.6 Å². The van der Waals surface area contributed by atoms with Gasteiger partial charge >= 0.3 is 0 Å². The van der Waals surface area contributed by atoms with Crippen molar-refractivity contribution in [2.45, 2.75) is 6.54 Å². The smallest absolute Gasteiger partial charge is 0.272 e. The Morgan fingerprint density at radius 1 is 1.38 bits per heavy atom. The van der Waals surface area contributed by atoms with Crippen molar-refractivity contribution in [3.63, 3.8) is 0 Å². The predicted octanol–water partition coefficient (Wildman–Crippen LogP) is 2.28. The van der Waals surface area contributed by atoms with Crippen LogP contribution in [0.25, 0.3) is 10.9 Å². The zero-order valence-electron chi connectivity index (χ0n) is 11.2. The molecule has 0 radical (unpaired) electrons. The second-order valence-electron chi connectivity index (χ2n) is 4.60. The van der Waals surface area contributed by atoms with E-state index in [-0.39, 0.29) is 5.91 Å². The van der Waals surface area contributed by atoms with E-state index in [0.717, 1.165) is 5.39 Å². The number of pyridine rings is 1. The van der Waals surface area contributed by atoms with Gasteiger partial charge in [-0.15, -0.1) is 0 Å². The summed E-state index contributed by atoms with van der Waals surface area (Å²) in [6.45, 7) is 0.324. The van der Waals surface area contributed by atoms with Gasteiger partial charge in [0.05, 0.1) is 17.1 Å². The Balaban J connectivity index is 1.90. The first-order valence-corrected chi connectivity index (χ1v) is 6.68. The summed E-state index contributed by atoms with van der Waals surface area (Å²) in [7, 11) is 1.68. The van der Waals surface area contributed by atoms with E-state index < -0.39 is 0 Å². The molecule has 0 unspecified atom stereocenters. The third-order valence-corrected chi connectivity index (χ3v) is 3.40. The number of carbonyl (C=O) groups is 1. The molecule has 0 atom stereocenters. The summed E-state index contributed by atoms with van der Waals surface area (Å²) in [5.41, 5.74) is 1.00. The molecule has 0 saturated carbocycles. The summed E-state index contributed by atoms with van der Waals surface area (Å²) in [6.07, 6.45) is 1.40. The van der Waals surface area contributed by atoms with Crippen LogP contribution in [0.1, 0.15) is 16.3 Å². The van der Waals surface area contributed by atoms with Crippen molar-refractivity contribution < 1.29 is 4.79 Å². The Morgan fingerprint density at radius 2 is 2.19 bits per heavy atom. The van der Waals surface area contributed by atoms with Crippen molar-refractivity contribution in [3.05, 3.63) is 53.2 Å². The summed E-state index contributed by atoms with van der Waals surface area (Å²) in [5.74, 6) is 0.386. The molecule has 1 aromatic carbocycles. The van der Waals surface area contributed by atoms with Gasteiger partial charge in [0.15, 0.2) is 0 Å². The van der Waals surface area contributed by atoms with E-state index in [1.165, 1.54) is 11.2 Å². The molecule has 1 N–H and O–H groups in total. The number of aromatic amines is 1. The summed E-state index contributed by atoms with van der Waals surface area (Å²) in [6, 6.07) is 9.03. The molecule has 7 heteroatoms. The lowest BCUT2D eigenvalue weighted by Gasteiger charge is -2.15. The van der Waals surface area contributed by atoms with E-state index in [9.17, 15) is 4.79 Å². The number of carbonyl (C=O) groups excluding carboxylic acids is 1. The van der Waals surface area contributed by atoms with Crippen molar-refractivity contribution in [3.8, 4) is 0 Å². The van der Waals surface area contributed by atoms with Gasteiger partial charge in [-0.2, -0.15) is 5.10 Å². The van der Waals surface area contributed by atoms with Crippen LogP contribution in [-0.4, -0.2) is 38.0 Å². The van der Waals surface area contributed by atoms with Crippen LogP contribution >= 0.6 is 11.6 Å². The van der Waals surface area contributed by atoms with E-state index in [2.05, 4.69) is 20.2 Å². The molecule has 106 valence electrons. The van der Waals surface area contributed by atoms with Gasteiger partial charge in [-0.05, 0) is 12.1 Å². The standard InChI is InChI=1S/C14H12ClN5O/c1-20(7-13-16-8-17-19-13)14(21)12-6-10(15)9-4-2-3-5-11(9)18-12/h2-6,8H,7H2,1H3,(H,16,17,19). The number of H-pyrrole nitrogens is 1. The number of nitrogens with one attached hydrogen (secondary N) is 1. The van der Waals surface area contributed by atoms with Gasteiger partial charge in [0.2, 0.25) is 0 Å². The van der Waals surface area contributed by atoms with E-state index >= 15 is 0 Å². The highest BCUT2D eigenvalue weighted by atomic mass is 35.5. The summed E-state index contributed by atoms with van der Waals surface area (Å²) in [5, 5.41) is 7.80. The van der Waals surface area contributed by atoms with E-state index in [0.29, 0.717) is 28.6 Å². The normalized spacial score (nSPS) is 10.8. The van der Waals surface area contributed by atoms with Crippen LogP contribution in [0.5, 0.6) is 0 Å². The largest absolute Gasteiger partial charge is 0.333 e. The number of hydrogen-bond acceptors (Lipinski definition) is 4. The predicted molar refractivity (Wildman–Crippen MR) is 78.9 cm³/mol. The van der Waals surface area contributed by atoms with Crippen LogP contribution in [0.2, 0.25) is 5.02 Å². The Bertz CT molecular complexity index is 787. The third kappa shape index (κ3) is 2.71. The van der Waals surface area contributed by atoms with E-state index in [1.54, 1.807) is 13.1 Å². The second kappa shape index (κ2) is 5.49. The quantitative estimate of drug-likeness (QED) is 0.805. The maximum absolute atomic E-state index is 12.4. The van der Waals surface area contributed by atoms with Crippen LogP contribution in [0.4, 0.5) is 0 Å². The number of hydrogen-bond donors (Lipinski definition) is 1. The summed E-state index contributed by atoms with van der Waals surface area (Å²) >= 11 is 6.21. The topological polar surface area (TPSA) is 74.8 Å². The average molecular weight is 302 g/mol. The highest BCUT2D eigenvalue weighted by Crippen LogP contribution is 2.23. The van der Waals surface area contributed by atoms with Gasteiger partial charge < -0.3 is 4.90 Å². The first-order chi connectivity index (χ1) is 10.1. The second-order valence-corrected chi connectivity index (χ2v) is 5.01. The molecule has 0 spiro atoms. The molecule has 3 aromatic rings. The Labute approximate surface area is 125 Å². The van der Waals surface area contributed by atoms with Crippen molar-refractivity contribution >= 4 is 28.4 Å². The van der Waals surface area contributed by atoms with Crippen molar-refractivity contribution in [1.82, 2.24) is 25.1 Å². The van der Waals surface area contributed by atoms with Crippen LogP contribution in [0, 0.1) is 0 Å². The lowest BCUT2D eigenvalue weighted by molar-refractivity contribution is 0.0776. The minimum Gasteiger partial charge on any atom is -0.333 e. The molecule has 3 rings (SSSR count). The van der Waals surface area contributed by atoms with Crippen molar-refractivity contribution in [2.75, 3.05) is 7.05 Å². The average Bonchev–Trinajstić information content (AvgIpc) is 2.99. The zero-order chi connectivity index (χ0) is 14.8. The molecule has 0 bridgehead atoms. The van der Waals surface area contributed by atoms with Gasteiger partial charge in [0.25, 0.3) is 5.91 Å². The van der Waals surface area contributed by atoms with Gasteiger partial charge in [0.1, 0.15) is 17.8 Å². The molecule has 2 aromatic heterocycles. The SMILES string of the molecule is CN(Cc1ncn[nH]1)C(=O)c1cc(Cl)c2ccccc2n1. The highest BCUT2D eigenvalue weighted by molar-refractivity contribution is 6.35. The number of amides is 1. The monoisotopic (exact) mass is 301 g/mol. The number of halogens is 1. The number of nitrogens with zero attached hydrogens (tertiary/aromatic N) is 4. The molecule has 6 nitrogen and oxygen atoms in total. The molecule has 0 fully saturated rings. The molecule has 21 heavy (non-hydrogen) atoms. The summed E-state index contributed by atoms with van der Waals surface area (Å²) in [4.78, 5) is 22.3. The molecular formula is C14H12ClN5O. The Morgan fingerprint density at radius 3 is 2.95 bits per heavy atom. The fourth-order valence-electron chi connectivity index (χ4n) is 2.04. The molecule has 0 aliphatic rings. The van der Waals surface area contributed by atoms with Crippen molar-refractivity contribution in [1.29, 1.82) is 0 Å². The molecular weight excluding hydrogens is 290 g/mol. The molecule has 0 aliphatic heterocycles. The number of benzene rings is 1. The van der Waals surface area contributed by atoms with Gasteiger partial charge in [-0.25, -0.2) is 9.97 Å². The van der Waals surface area contributed by atoms with E-state index in [1.807, 2.05) is 24.3 Å². The Hall–Kier alpha value is -2.47. The number of aromatic nitrogens is 4. The van der Waals surface area contributed by atoms with Gasteiger partial charge in [-0.3, -0.25) is 9.89 Å². The van der Waals surface area contributed by atoms with Crippen LogP contribution in [0.15, 0.2) is 36.7 Å². The fourth-order valence-corrected chi connectivity index (χ4v) is 2.30. The maximum atomic E-state index is 12.4. The zero-order valence-corrected chi connectivity index (χ0v) is 12.0. The summed E-state index contributed by atoms with van der Waals surface area (Å²) < 4.78 is 0. The van der Waals surface area contributed by atoms with Gasteiger partial charge in [0, 0.05) is 12.4 Å². The molecule has 1 amide bonds. The number of fused-ring (bicyclic) bond motifs is 1. The first-order valence-electron chi connectivity index (χ1n) is 6.30. The molecule has 0 aliphatic carbocycles. The fraction of sp³-hybridized carbons (Fsp3) is 0.143. The molecule has 2 heterocycles. The first kappa shape index (κ1) is 13.5. The highest BCUT2D eigenvalue weighted by Gasteiger charge is 2.16. The number of para-hydroxylation sites is 1. The number of rotatable bonds is 3. The minimum atomic E-state index is -0.223. The van der Waals surface area contributed by atoms with Crippen LogP contribution in [-0.2, 0) is 6.54 Å². The van der Waals surface area contributed by atoms with Crippen LogP contribution in [0.3, 0.4) is 0 Å². The minimum absolute atomic E-state index is 0.223. The lowest BCUT2D eigenvalue weighted by Crippen LogP contribution is -2.27.